The van der Waals surface area contributed by atoms with Crippen LogP contribution in [0.3, 0.4) is 0 Å². The highest BCUT2D eigenvalue weighted by Crippen LogP contribution is 2.24. The van der Waals surface area contributed by atoms with Crippen molar-refractivity contribution in [3.63, 3.8) is 0 Å². The molecule has 0 aliphatic rings. The van der Waals surface area contributed by atoms with E-state index >= 15 is 0 Å². The van der Waals surface area contributed by atoms with E-state index in [2.05, 4.69) is 0 Å². The first-order valence-electron chi connectivity index (χ1n) is 7.60. The number of rotatable bonds is 5. The lowest BCUT2D eigenvalue weighted by atomic mass is 10.1. The molecule has 0 atom stereocenters. The summed E-state index contributed by atoms with van der Waals surface area (Å²) in [5.74, 6) is -0.779. The molecule has 2 aromatic rings. The molecule has 0 saturated carbocycles. The molecule has 0 radical (unpaired) electrons. The first-order valence-corrected chi connectivity index (χ1v) is 7.60. The number of aromatic nitrogens is 1. The minimum absolute atomic E-state index is 0.111. The molecule has 118 valence electrons. The van der Waals surface area contributed by atoms with E-state index in [0.717, 1.165) is 12.8 Å². The highest BCUT2D eigenvalue weighted by Gasteiger charge is 2.21. The van der Waals surface area contributed by atoms with Gasteiger partial charge in [-0.05, 0) is 31.0 Å². The second-order valence-corrected chi connectivity index (χ2v) is 5.39. The molecule has 1 aromatic carbocycles. The molecule has 0 aliphatic heterocycles. The summed E-state index contributed by atoms with van der Waals surface area (Å²) < 4.78 is 14.8. The van der Waals surface area contributed by atoms with Crippen molar-refractivity contribution < 1.29 is 14.0 Å². The Morgan fingerprint density at radius 1 is 1.18 bits per heavy atom. The van der Waals surface area contributed by atoms with Gasteiger partial charge in [0.1, 0.15) is 5.82 Å². The Kier molecular flexibility index (Phi) is 4.96. The van der Waals surface area contributed by atoms with Gasteiger partial charge in [-0.25, -0.2) is 4.39 Å². The molecular weight excluding hydrogens is 283 g/mol. The van der Waals surface area contributed by atoms with E-state index in [-0.39, 0.29) is 11.8 Å². The van der Waals surface area contributed by atoms with Crippen LogP contribution in [-0.2, 0) is 0 Å². The van der Waals surface area contributed by atoms with Gasteiger partial charge in [-0.2, -0.15) is 0 Å². The minimum atomic E-state index is -0.425. The number of carbonyl (C=O) groups is 2. The van der Waals surface area contributed by atoms with Gasteiger partial charge in [0.2, 0.25) is 5.91 Å². The predicted molar refractivity (Wildman–Crippen MR) is 84.7 cm³/mol. The van der Waals surface area contributed by atoms with Gasteiger partial charge in [0.15, 0.2) is 0 Å². The maximum Gasteiger partial charge on any atom is 0.256 e. The van der Waals surface area contributed by atoms with Crippen LogP contribution < -0.4 is 0 Å². The summed E-state index contributed by atoms with van der Waals surface area (Å²) >= 11 is 0. The number of carbonyl (C=O) groups excluding carboxylic acids is 2. The van der Waals surface area contributed by atoms with Crippen molar-refractivity contribution in [3.8, 4) is 0 Å². The van der Waals surface area contributed by atoms with Crippen LogP contribution in [0.5, 0.6) is 0 Å². The molecule has 5 heteroatoms. The average molecular weight is 304 g/mol. The van der Waals surface area contributed by atoms with Gasteiger partial charge in [0, 0.05) is 31.6 Å². The molecule has 0 spiro atoms. The fourth-order valence-corrected chi connectivity index (χ4v) is 2.66. The molecule has 0 aliphatic carbocycles. The average Bonchev–Trinajstić information content (AvgIpc) is 2.85. The van der Waals surface area contributed by atoms with Gasteiger partial charge in [0.05, 0.1) is 11.1 Å². The van der Waals surface area contributed by atoms with Crippen LogP contribution in [0.25, 0.3) is 10.9 Å². The Bertz CT molecular complexity index is 700. The van der Waals surface area contributed by atoms with Crippen LogP contribution in [-0.4, -0.2) is 34.4 Å². The van der Waals surface area contributed by atoms with E-state index < -0.39 is 5.82 Å². The maximum atomic E-state index is 13.5. The SMILES string of the molecule is CCCN(CCC)C(=O)c1cn(C(C)=O)c2cc(F)ccc12. The van der Waals surface area contributed by atoms with Crippen molar-refractivity contribution >= 4 is 22.7 Å². The largest absolute Gasteiger partial charge is 0.339 e. The molecule has 1 amide bonds. The van der Waals surface area contributed by atoms with Crippen molar-refractivity contribution in [1.82, 2.24) is 9.47 Å². The second kappa shape index (κ2) is 6.73. The summed E-state index contributed by atoms with van der Waals surface area (Å²) in [7, 11) is 0. The van der Waals surface area contributed by atoms with Crippen molar-refractivity contribution in [2.24, 2.45) is 0 Å². The Balaban J connectivity index is 2.55. The number of hydrogen-bond acceptors (Lipinski definition) is 2. The highest BCUT2D eigenvalue weighted by molar-refractivity contribution is 6.09. The maximum absolute atomic E-state index is 13.5. The van der Waals surface area contributed by atoms with Gasteiger partial charge in [0.25, 0.3) is 5.91 Å². The Morgan fingerprint density at radius 3 is 2.36 bits per heavy atom. The van der Waals surface area contributed by atoms with Crippen LogP contribution in [0.4, 0.5) is 4.39 Å². The smallest absolute Gasteiger partial charge is 0.256 e. The van der Waals surface area contributed by atoms with E-state index in [1.54, 1.807) is 11.0 Å². The fourth-order valence-electron chi connectivity index (χ4n) is 2.66. The number of nitrogens with zero attached hydrogens (tertiary/aromatic N) is 2. The zero-order valence-electron chi connectivity index (χ0n) is 13.2. The third-order valence-electron chi connectivity index (χ3n) is 3.61. The lowest BCUT2D eigenvalue weighted by Crippen LogP contribution is -2.32. The van der Waals surface area contributed by atoms with Crippen LogP contribution in [0.1, 0.15) is 48.8 Å². The molecule has 1 aromatic heterocycles. The molecular formula is C17H21FN2O2. The first-order chi connectivity index (χ1) is 10.5. The lowest BCUT2D eigenvalue weighted by Gasteiger charge is -2.21. The second-order valence-electron chi connectivity index (χ2n) is 5.39. The molecule has 1 heterocycles. The van der Waals surface area contributed by atoms with Gasteiger partial charge >= 0.3 is 0 Å². The number of halogens is 1. The first kappa shape index (κ1) is 16.2. The summed E-state index contributed by atoms with van der Waals surface area (Å²) in [6.07, 6.45) is 3.25. The van der Waals surface area contributed by atoms with Gasteiger partial charge in [-0.1, -0.05) is 13.8 Å². The van der Waals surface area contributed by atoms with Crippen molar-refractivity contribution in [1.29, 1.82) is 0 Å². The van der Waals surface area contributed by atoms with Crippen LogP contribution >= 0.6 is 0 Å². The molecule has 0 unspecified atom stereocenters. The van der Waals surface area contributed by atoms with E-state index in [4.69, 9.17) is 0 Å². The van der Waals surface area contributed by atoms with Gasteiger partial charge in [-0.15, -0.1) is 0 Å². The number of hydrogen-bond donors (Lipinski definition) is 0. The molecule has 2 rings (SSSR count). The van der Waals surface area contributed by atoms with E-state index in [9.17, 15) is 14.0 Å². The van der Waals surface area contributed by atoms with Gasteiger partial charge in [-0.3, -0.25) is 14.2 Å². The Hall–Kier alpha value is -2.17. The molecule has 0 fully saturated rings. The van der Waals surface area contributed by atoms with Gasteiger partial charge < -0.3 is 4.90 Å². The quantitative estimate of drug-likeness (QED) is 0.845. The highest BCUT2D eigenvalue weighted by atomic mass is 19.1. The van der Waals surface area contributed by atoms with Crippen molar-refractivity contribution in [2.75, 3.05) is 13.1 Å². The third kappa shape index (κ3) is 3.03. The Morgan fingerprint density at radius 2 is 1.82 bits per heavy atom. The van der Waals surface area contributed by atoms with E-state index in [1.807, 2.05) is 13.8 Å². The summed E-state index contributed by atoms with van der Waals surface area (Å²) in [4.78, 5) is 26.3. The summed E-state index contributed by atoms with van der Waals surface area (Å²) in [6.45, 7) is 6.77. The molecule has 0 bridgehead atoms. The number of fused-ring (bicyclic) bond motifs is 1. The summed E-state index contributed by atoms with van der Waals surface area (Å²) in [6, 6.07) is 4.17. The monoisotopic (exact) mass is 304 g/mol. The standard InChI is InChI=1S/C17H21FN2O2/c1-4-8-19(9-5-2)17(22)15-11-20(12(3)21)16-10-13(18)6-7-14(15)16/h6-7,10-11H,4-5,8-9H2,1-3H3. The van der Waals surface area contributed by atoms with Crippen molar-refractivity contribution in [3.05, 3.63) is 35.8 Å². The zero-order chi connectivity index (χ0) is 16.3. The molecule has 22 heavy (non-hydrogen) atoms. The third-order valence-corrected chi connectivity index (χ3v) is 3.61. The number of benzene rings is 1. The summed E-state index contributed by atoms with van der Waals surface area (Å²) in [5, 5.41) is 0.610. The molecule has 4 nitrogen and oxygen atoms in total. The van der Waals surface area contributed by atoms with E-state index in [1.165, 1.54) is 29.8 Å². The minimum Gasteiger partial charge on any atom is -0.339 e. The van der Waals surface area contributed by atoms with Crippen LogP contribution in [0.2, 0.25) is 0 Å². The van der Waals surface area contributed by atoms with Crippen LogP contribution in [0.15, 0.2) is 24.4 Å². The Labute approximate surface area is 129 Å². The number of amides is 1. The fraction of sp³-hybridized carbons (Fsp3) is 0.412. The van der Waals surface area contributed by atoms with E-state index in [0.29, 0.717) is 29.6 Å². The van der Waals surface area contributed by atoms with Crippen LogP contribution in [0, 0.1) is 5.82 Å². The molecule has 0 N–H and O–H groups in total. The normalized spacial score (nSPS) is 10.9. The topological polar surface area (TPSA) is 42.3 Å². The zero-order valence-corrected chi connectivity index (χ0v) is 13.2. The predicted octanol–water partition coefficient (Wildman–Crippen LogP) is 3.70. The van der Waals surface area contributed by atoms with Crippen molar-refractivity contribution in [2.45, 2.75) is 33.6 Å². The summed E-state index contributed by atoms with van der Waals surface area (Å²) in [5.41, 5.74) is 0.885. The molecule has 0 saturated heterocycles. The lowest BCUT2D eigenvalue weighted by molar-refractivity contribution is 0.0757.